The van der Waals surface area contributed by atoms with Crippen molar-refractivity contribution < 1.29 is 23.2 Å². The minimum absolute atomic E-state index is 0.0796. The number of aromatic nitrogens is 2. The van der Waals surface area contributed by atoms with Crippen LogP contribution in [0.1, 0.15) is 28.9 Å². The summed E-state index contributed by atoms with van der Waals surface area (Å²) in [5.74, 6) is -3.21. The zero-order chi connectivity index (χ0) is 19.7. The number of carbonyl (C=O) groups excluding carboxylic acids is 2. The van der Waals surface area contributed by atoms with Gasteiger partial charge in [-0.05, 0) is 18.9 Å². The van der Waals surface area contributed by atoms with Crippen molar-refractivity contribution in [2.24, 2.45) is 0 Å². The number of anilines is 1. The second kappa shape index (κ2) is 7.64. The van der Waals surface area contributed by atoms with Crippen LogP contribution in [0.2, 0.25) is 0 Å². The van der Waals surface area contributed by atoms with E-state index in [1.165, 1.54) is 11.3 Å². The van der Waals surface area contributed by atoms with Gasteiger partial charge in [-0.15, -0.1) is 11.3 Å². The summed E-state index contributed by atoms with van der Waals surface area (Å²) < 4.78 is 30.0. The molecule has 1 N–H and O–H groups in total. The van der Waals surface area contributed by atoms with Gasteiger partial charge < -0.3 is 5.32 Å². The number of nitrogens with zero attached hydrogens (tertiary/aromatic N) is 3. The number of amides is 2. The van der Waals surface area contributed by atoms with Gasteiger partial charge in [0.15, 0.2) is 4.96 Å². The summed E-state index contributed by atoms with van der Waals surface area (Å²) in [5, 5.41) is 5.31. The van der Waals surface area contributed by atoms with E-state index in [1.54, 1.807) is 10.6 Å². The number of benzene rings is 1. The van der Waals surface area contributed by atoms with E-state index in [0.29, 0.717) is 24.9 Å². The number of rotatable bonds is 4. The average Bonchev–Trinajstić information content (AvgIpc) is 3.25. The zero-order valence-electron chi connectivity index (χ0n) is 14.7. The van der Waals surface area contributed by atoms with E-state index in [4.69, 9.17) is 4.84 Å². The van der Waals surface area contributed by atoms with Crippen molar-refractivity contribution in [3.8, 4) is 0 Å². The van der Waals surface area contributed by atoms with E-state index in [1.807, 2.05) is 11.6 Å². The SMILES string of the molecule is O=C(Cc1cn2ccsc2n1)Nc1cc(C(=O)N2CCCCO2)c(F)cc1F. The maximum atomic E-state index is 14.1. The number of nitrogens with one attached hydrogen (secondary N) is 1. The van der Waals surface area contributed by atoms with Crippen LogP contribution in [0.3, 0.4) is 0 Å². The van der Waals surface area contributed by atoms with Crippen LogP contribution in [0.25, 0.3) is 4.96 Å². The van der Waals surface area contributed by atoms with Crippen molar-refractivity contribution in [2.75, 3.05) is 18.5 Å². The zero-order valence-corrected chi connectivity index (χ0v) is 15.5. The molecule has 0 spiro atoms. The van der Waals surface area contributed by atoms with E-state index in [-0.39, 0.29) is 17.7 Å². The molecule has 0 bridgehead atoms. The molecule has 3 heterocycles. The molecule has 3 aromatic rings. The Bertz CT molecular complexity index is 1010. The van der Waals surface area contributed by atoms with Gasteiger partial charge in [-0.3, -0.25) is 18.8 Å². The molecule has 0 atom stereocenters. The first-order chi connectivity index (χ1) is 13.5. The highest BCUT2D eigenvalue weighted by Crippen LogP contribution is 2.22. The molecule has 1 saturated heterocycles. The van der Waals surface area contributed by atoms with Gasteiger partial charge in [-0.2, -0.15) is 0 Å². The van der Waals surface area contributed by atoms with Crippen LogP contribution in [0.4, 0.5) is 14.5 Å². The van der Waals surface area contributed by atoms with Crippen molar-refractivity contribution in [1.82, 2.24) is 14.4 Å². The van der Waals surface area contributed by atoms with Crippen molar-refractivity contribution in [3.05, 3.63) is 52.8 Å². The predicted octanol–water partition coefficient (Wildman–Crippen LogP) is 3.02. The Balaban J connectivity index is 1.50. The molecule has 0 saturated carbocycles. The first-order valence-corrected chi connectivity index (χ1v) is 9.54. The lowest BCUT2D eigenvalue weighted by molar-refractivity contribution is -0.144. The topological polar surface area (TPSA) is 75.9 Å². The first kappa shape index (κ1) is 18.5. The summed E-state index contributed by atoms with van der Waals surface area (Å²) in [5.41, 5.74) is -0.112. The van der Waals surface area contributed by atoms with Crippen molar-refractivity contribution in [1.29, 1.82) is 0 Å². The number of hydrogen-bond donors (Lipinski definition) is 1. The Morgan fingerprint density at radius 1 is 1.25 bits per heavy atom. The quantitative estimate of drug-likeness (QED) is 0.723. The van der Waals surface area contributed by atoms with Crippen LogP contribution in [-0.4, -0.2) is 39.4 Å². The summed E-state index contributed by atoms with van der Waals surface area (Å²) in [6.07, 6.45) is 4.98. The Kier molecular flexibility index (Phi) is 5.05. The highest BCUT2D eigenvalue weighted by molar-refractivity contribution is 7.15. The lowest BCUT2D eigenvalue weighted by Gasteiger charge is -2.26. The van der Waals surface area contributed by atoms with Crippen LogP contribution >= 0.6 is 11.3 Å². The molecule has 0 aliphatic carbocycles. The molecule has 7 nitrogen and oxygen atoms in total. The normalized spacial score (nSPS) is 14.4. The Morgan fingerprint density at radius 2 is 2.11 bits per heavy atom. The highest BCUT2D eigenvalue weighted by atomic mass is 32.1. The van der Waals surface area contributed by atoms with E-state index in [9.17, 15) is 18.4 Å². The fourth-order valence-electron chi connectivity index (χ4n) is 2.92. The van der Waals surface area contributed by atoms with Gasteiger partial charge >= 0.3 is 0 Å². The van der Waals surface area contributed by atoms with Gasteiger partial charge in [-0.1, -0.05) is 0 Å². The average molecular weight is 406 g/mol. The largest absolute Gasteiger partial charge is 0.323 e. The third-order valence-corrected chi connectivity index (χ3v) is 5.05. The molecule has 1 fully saturated rings. The third kappa shape index (κ3) is 3.73. The standard InChI is InChI=1S/C18H16F2N4O3S/c19-13-9-14(20)15(8-12(13)17(26)24-3-1-2-5-27-24)22-16(25)7-11-10-23-4-6-28-18(23)21-11/h4,6,8-10H,1-3,5,7H2,(H,22,25). The molecule has 146 valence electrons. The number of imidazole rings is 1. The van der Waals surface area contributed by atoms with Crippen LogP contribution in [0, 0.1) is 11.6 Å². The summed E-state index contributed by atoms with van der Waals surface area (Å²) in [7, 11) is 0. The van der Waals surface area contributed by atoms with Crippen LogP contribution < -0.4 is 5.32 Å². The number of hydroxylamine groups is 2. The molecule has 1 aliphatic rings. The lowest BCUT2D eigenvalue weighted by atomic mass is 10.1. The number of carbonyl (C=O) groups is 2. The van der Waals surface area contributed by atoms with Gasteiger partial charge in [-0.25, -0.2) is 18.8 Å². The van der Waals surface area contributed by atoms with Crippen LogP contribution in [0.5, 0.6) is 0 Å². The van der Waals surface area contributed by atoms with E-state index in [0.717, 1.165) is 28.9 Å². The molecule has 2 amide bonds. The molecule has 28 heavy (non-hydrogen) atoms. The maximum absolute atomic E-state index is 14.1. The number of hydrogen-bond acceptors (Lipinski definition) is 5. The van der Waals surface area contributed by atoms with Gasteiger partial charge in [0, 0.05) is 30.4 Å². The molecule has 2 aromatic heterocycles. The van der Waals surface area contributed by atoms with Gasteiger partial charge in [0.25, 0.3) is 5.91 Å². The second-order valence-corrected chi connectivity index (χ2v) is 7.18. The molecule has 1 aromatic carbocycles. The molecule has 4 rings (SSSR count). The number of fused-ring (bicyclic) bond motifs is 1. The smallest absolute Gasteiger partial charge is 0.280 e. The lowest BCUT2D eigenvalue weighted by Crippen LogP contribution is -2.36. The summed E-state index contributed by atoms with van der Waals surface area (Å²) in [6.45, 7) is 0.690. The van der Waals surface area contributed by atoms with Crippen molar-refractivity contribution >= 4 is 33.8 Å². The highest BCUT2D eigenvalue weighted by Gasteiger charge is 2.24. The Morgan fingerprint density at radius 3 is 2.86 bits per heavy atom. The summed E-state index contributed by atoms with van der Waals surface area (Å²) in [4.78, 5) is 35.0. The molecule has 0 radical (unpaired) electrons. The minimum atomic E-state index is -1.01. The molecular weight excluding hydrogens is 390 g/mol. The van der Waals surface area contributed by atoms with Gasteiger partial charge in [0.05, 0.1) is 30.0 Å². The first-order valence-electron chi connectivity index (χ1n) is 8.66. The summed E-state index contributed by atoms with van der Waals surface area (Å²) >= 11 is 1.43. The fourth-order valence-corrected chi connectivity index (χ4v) is 3.64. The van der Waals surface area contributed by atoms with Crippen LogP contribution in [-0.2, 0) is 16.1 Å². The predicted molar refractivity (Wildman–Crippen MR) is 98.0 cm³/mol. The van der Waals surface area contributed by atoms with E-state index in [2.05, 4.69) is 10.3 Å². The van der Waals surface area contributed by atoms with Crippen molar-refractivity contribution in [2.45, 2.75) is 19.3 Å². The number of thiazole rings is 1. The van der Waals surface area contributed by atoms with Crippen molar-refractivity contribution in [3.63, 3.8) is 0 Å². The minimum Gasteiger partial charge on any atom is -0.323 e. The number of halogens is 2. The van der Waals surface area contributed by atoms with Gasteiger partial charge in [0.2, 0.25) is 5.91 Å². The molecule has 1 aliphatic heterocycles. The monoisotopic (exact) mass is 406 g/mol. The van der Waals surface area contributed by atoms with Crippen LogP contribution in [0.15, 0.2) is 29.9 Å². The molecule has 10 heteroatoms. The van der Waals surface area contributed by atoms with Gasteiger partial charge in [0.1, 0.15) is 11.6 Å². The summed E-state index contributed by atoms with van der Waals surface area (Å²) in [6, 6.07) is 1.58. The van der Waals surface area contributed by atoms with E-state index < -0.39 is 23.4 Å². The Hall–Kier alpha value is -2.85. The second-order valence-electron chi connectivity index (χ2n) is 6.31. The maximum Gasteiger partial charge on any atom is 0.280 e. The Labute approximate surface area is 162 Å². The molecular formula is C18H16F2N4O3S. The third-order valence-electron chi connectivity index (χ3n) is 4.28. The van der Waals surface area contributed by atoms with E-state index >= 15 is 0 Å². The fraction of sp³-hybridized carbons (Fsp3) is 0.278. The molecule has 0 unspecified atom stereocenters.